The Morgan fingerprint density at radius 1 is 0.973 bits per heavy atom. The normalized spacial score (nSPS) is 13.2. The summed E-state index contributed by atoms with van der Waals surface area (Å²) in [6.07, 6.45) is -0.336. The second-order valence-electron chi connectivity index (χ2n) is 8.80. The topological polar surface area (TPSA) is 102 Å². The summed E-state index contributed by atoms with van der Waals surface area (Å²) < 4.78 is 10.5. The maximum Gasteiger partial charge on any atom is 0.338 e. The molecule has 1 aliphatic rings. The van der Waals surface area contributed by atoms with Gasteiger partial charge in [-0.3, -0.25) is 19.3 Å². The number of nitrogens with zero attached hydrogens (tertiary/aromatic N) is 1. The van der Waals surface area contributed by atoms with Gasteiger partial charge in [-0.2, -0.15) is 0 Å². The smallest absolute Gasteiger partial charge is 0.338 e. The van der Waals surface area contributed by atoms with Gasteiger partial charge in [-0.05, 0) is 67.3 Å². The first-order valence-corrected chi connectivity index (χ1v) is 12.0. The minimum absolute atomic E-state index is 0.0796. The maximum atomic E-state index is 13.0. The summed E-state index contributed by atoms with van der Waals surface area (Å²) in [6, 6.07) is 17.0. The van der Waals surface area contributed by atoms with Gasteiger partial charge >= 0.3 is 5.97 Å². The number of carbonyl (C=O) groups is 4. The van der Waals surface area contributed by atoms with Crippen molar-refractivity contribution in [2.75, 3.05) is 12.4 Å². The average molecular weight is 501 g/mol. The Bertz CT molecular complexity index is 1380. The van der Waals surface area contributed by atoms with Crippen LogP contribution >= 0.6 is 0 Å². The lowest BCUT2D eigenvalue weighted by Crippen LogP contribution is -2.30. The molecule has 8 heteroatoms. The second kappa shape index (κ2) is 10.7. The van der Waals surface area contributed by atoms with Crippen molar-refractivity contribution in [3.63, 3.8) is 0 Å². The molecule has 4 rings (SSSR count). The third kappa shape index (κ3) is 5.23. The molecule has 1 N–H and O–H groups in total. The summed E-state index contributed by atoms with van der Waals surface area (Å²) in [6.45, 7) is 5.46. The lowest BCUT2D eigenvalue weighted by Gasteiger charge is -2.17. The number of aryl methyl sites for hydroxylation is 2. The standard InChI is InChI=1S/C29H28N2O6/c1-5-20-8-6-7-17(2)25(20)30-26(32)18(3)37-29(35)21-11-14-23-24(15-21)28(34)31(27(23)33)16-19-9-12-22(36-4)13-10-19/h6-15,18H,5,16H2,1-4H3,(H,30,32). The highest BCUT2D eigenvalue weighted by atomic mass is 16.5. The summed E-state index contributed by atoms with van der Waals surface area (Å²) in [5.41, 5.74) is 3.77. The van der Waals surface area contributed by atoms with Gasteiger partial charge in [0, 0.05) is 5.69 Å². The van der Waals surface area contributed by atoms with E-state index in [9.17, 15) is 19.2 Å². The zero-order chi connectivity index (χ0) is 26.7. The molecule has 3 amide bonds. The van der Waals surface area contributed by atoms with Crippen molar-refractivity contribution in [2.45, 2.75) is 39.8 Å². The number of hydrogen-bond acceptors (Lipinski definition) is 6. The van der Waals surface area contributed by atoms with Crippen molar-refractivity contribution >= 4 is 29.4 Å². The van der Waals surface area contributed by atoms with E-state index in [2.05, 4.69) is 5.32 Å². The molecule has 0 bridgehead atoms. The lowest BCUT2D eigenvalue weighted by atomic mass is 10.1. The Morgan fingerprint density at radius 3 is 2.35 bits per heavy atom. The number of fused-ring (bicyclic) bond motifs is 1. The number of para-hydroxylation sites is 1. The number of amides is 3. The second-order valence-corrected chi connectivity index (χ2v) is 8.80. The van der Waals surface area contributed by atoms with Crippen molar-refractivity contribution in [1.82, 2.24) is 4.90 Å². The molecule has 8 nitrogen and oxygen atoms in total. The van der Waals surface area contributed by atoms with Crippen molar-refractivity contribution in [1.29, 1.82) is 0 Å². The number of rotatable bonds is 8. The fourth-order valence-corrected chi connectivity index (χ4v) is 4.18. The van der Waals surface area contributed by atoms with Gasteiger partial charge in [-0.1, -0.05) is 37.3 Å². The highest BCUT2D eigenvalue weighted by molar-refractivity contribution is 6.21. The molecule has 0 fully saturated rings. The Morgan fingerprint density at radius 2 is 1.68 bits per heavy atom. The van der Waals surface area contributed by atoms with Gasteiger partial charge in [0.2, 0.25) is 0 Å². The molecule has 190 valence electrons. The highest BCUT2D eigenvalue weighted by Gasteiger charge is 2.36. The van der Waals surface area contributed by atoms with Crippen LogP contribution in [0.15, 0.2) is 60.7 Å². The van der Waals surface area contributed by atoms with Crippen LogP contribution in [0.25, 0.3) is 0 Å². The number of hydrogen-bond donors (Lipinski definition) is 1. The molecule has 0 spiro atoms. The molecule has 0 aromatic heterocycles. The number of anilines is 1. The fraction of sp³-hybridized carbons (Fsp3) is 0.241. The maximum absolute atomic E-state index is 13.0. The van der Waals surface area contributed by atoms with E-state index in [1.54, 1.807) is 31.4 Å². The first kappa shape index (κ1) is 25.6. The van der Waals surface area contributed by atoms with Gasteiger partial charge in [0.05, 0.1) is 30.3 Å². The van der Waals surface area contributed by atoms with E-state index in [1.807, 2.05) is 32.0 Å². The summed E-state index contributed by atoms with van der Waals surface area (Å²) in [5, 5.41) is 2.85. The van der Waals surface area contributed by atoms with Gasteiger partial charge in [0.25, 0.3) is 17.7 Å². The van der Waals surface area contributed by atoms with Crippen LogP contribution in [0.2, 0.25) is 0 Å². The predicted octanol–water partition coefficient (Wildman–Crippen LogP) is 4.55. The molecule has 1 heterocycles. The summed E-state index contributed by atoms with van der Waals surface area (Å²) in [5.74, 6) is -1.49. The van der Waals surface area contributed by atoms with E-state index < -0.39 is 29.8 Å². The van der Waals surface area contributed by atoms with Crippen molar-refractivity contribution in [2.24, 2.45) is 0 Å². The van der Waals surface area contributed by atoms with Crippen LogP contribution in [-0.2, 0) is 22.5 Å². The number of nitrogens with one attached hydrogen (secondary N) is 1. The molecule has 3 aromatic rings. The van der Waals surface area contributed by atoms with Crippen LogP contribution in [0.3, 0.4) is 0 Å². The van der Waals surface area contributed by atoms with Crippen LogP contribution < -0.4 is 10.1 Å². The molecular weight excluding hydrogens is 472 g/mol. The van der Waals surface area contributed by atoms with Gasteiger partial charge < -0.3 is 14.8 Å². The first-order chi connectivity index (χ1) is 17.7. The lowest BCUT2D eigenvalue weighted by molar-refractivity contribution is -0.123. The monoisotopic (exact) mass is 500 g/mol. The fourth-order valence-electron chi connectivity index (χ4n) is 4.18. The number of esters is 1. The minimum atomic E-state index is -1.08. The number of benzene rings is 3. The van der Waals surface area contributed by atoms with Crippen LogP contribution in [0.1, 0.15) is 61.6 Å². The average Bonchev–Trinajstić information content (AvgIpc) is 3.14. The Kier molecular flexibility index (Phi) is 7.38. The van der Waals surface area contributed by atoms with Gasteiger partial charge in [0.15, 0.2) is 6.10 Å². The van der Waals surface area contributed by atoms with Gasteiger partial charge in [-0.15, -0.1) is 0 Å². The van der Waals surface area contributed by atoms with Crippen molar-refractivity contribution < 1.29 is 28.7 Å². The molecule has 37 heavy (non-hydrogen) atoms. The molecule has 0 aliphatic carbocycles. The molecule has 0 radical (unpaired) electrons. The van der Waals surface area contributed by atoms with Crippen LogP contribution in [-0.4, -0.2) is 41.8 Å². The zero-order valence-corrected chi connectivity index (χ0v) is 21.2. The van der Waals surface area contributed by atoms with Crippen molar-refractivity contribution in [3.05, 3.63) is 94.0 Å². The van der Waals surface area contributed by atoms with Crippen LogP contribution in [0, 0.1) is 6.92 Å². The first-order valence-electron chi connectivity index (χ1n) is 12.0. The van der Waals surface area contributed by atoms with E-state index >= 15 is 0 Å². The third-order valence-corrected chi connectivity index (χ3v) is 6.35. The molecule has 0 saturated carbocycles. The Labute approximate surface area is 215 Å². The number of methoxy groups -OCH3 is 1. The number of ether oxygens (including phenoxy) is 2. The molecule has 1 aliphatic heterocycles. The Hall–Kier alpha value is -4.46. The van der Waals surface area contributed by atoms with E-state index in [1.165, 1.54) is 25.1 Å². The highest BCUT2D eigenvalue weighted by Crippen LogP contribution is 2.27. The number of carbonyl (C=O) groups excluding carboxylic acids is 4. The zero-order valence-electron chi connectivity index (χ0n) is 21.2. The quantitative estimate of drug-likeness (QED) is 0.360. The molecule has 1 atom stereocenters. The van der Waals surface area contributed by atoms with E-state index in [4.69, 9.17) is 9.47 Å². The third-order valence-electron chi connectivity index (χ3n) is 6.35. The minimum Gasteiger partial charge on any atom is -0.497 e. The summed E-state index contributed by atoms with van der Waals surface area (Å²) >= 11 is 0. The Balaban J connectivity index is 1.45. The van der Waals surface area contributed by atoms with E-state index in [0.29, 0.717) is 11.4 Å². The summed E-state index contributed by atoms with van der Waals surface area (Å²) in [7, 11) is 1.56. The molecule has 1 unspecified atom stereocenters. The molecule has 0 saturated heterocycles. The molecule has 3 aromatic carbocycles. The SMILES string of the molecule is CCc1cccc(C)c1NC(=O)C(C)OC(=O)c1ccc2c(c1)C(=O)N(Cc1ccc(OC)cc1)C2=O. The van der Waals surface area contributed by atoms with E-state index in [-0.39, 0.29) is 23.2 Å². The molecular formula is C29H28N2O6. The van der Waals surface area contributed by atoms with E-state index in [0.717, 1.165) is 28.0 Å². The summed E-state index contributed by atoms with van der Waals surface area (Å²) in [4.78, 5) is 52.5. The van der Waals surface area contributed by atoms with Gasteiger partial charge in [0.1, 0.15) is 5.75 Å². The van der Waals surface area contributed by atoms with Gasteiger partial charge in [-0.25, -0.2) is 4.79 Å². The number of imide groups is 1. The largest absolute Gasteiger partial charge is 0.497 e. The van der Waals surface area contributed by atoms with Crippen molar-refractivity contribution in [3.8, 4) is 5.75 Å². The van der Waals surface area contributed by atoms with Crippen LogP contribution in [0.4, 0.5) is 5.69 Å². The van der Waals surface area contributed by atoms with Crippen LogP contribution in [0.5, 0.6) is 5.75 Å². The predicted molar refractivity (Wildman–Crippen MR) is 138 cm³/mol.